The third-order valence-electron chi connectivity index (χ3n) is 6.15. The van der Waals surface area contributed by atoms with Crippen molar-refractivity contribution in [1.29, 1.82) is 0 Å². The molecule has 192 valence electrons. The number of benzene rings is 2. The highest BCUT2D eigenvalue weighted by molar-refractivity contribution is 7.89. The van der Waals surface area contributed by atoms with Gasteiger partial charge in [-0.1, -0.05) is 53.6 Å². The minimum Gasteiger partial charge on any atom is -0.465 e. The molecule has 1 atom stereocenters. The van der Waals surface area contributed by atoms with Crippen LogP contribution in [0.4, 0.5) is 0 Å². The van der Waals surface area contributed by atoms with E-state index < -0.39 is 16.0 Å². The number of rotatable bonds is 9. The zero-order valence-electron chi connectivity index (χ0n) is 20.2. The van der Waals surface area contributed by atoms with E-state index in [4.69, 9.17) is 21.1 Å². The molecule has 1 aliphatic heterocycles. The summed E-state index contributed by atoms with van der Waals surface area (Å²) in [6.45, 7) is 4.89. The number of thiophene rings is 1. The lowest BCUT2D eigenvalue weighted by atomic mass is 10.1. The zero-order valence-corrected chi connectivity index (χ0v) is 22.6. The van der Waals surface area contributed by atoms with E-state index in [2.05, 4.69) is 24.0 Å². The number of ether oxygens (including phenoxy) is 2. The number of aryl methyl sites for hydroxylation is 1. The third kappa shape index (κ3) is 6.34. The van der Waals surface area contributed by atoms with Gasteiger partial charge in [0.2, 0.25) is 10.0 Å². The van der Waals surface area contributed by atoms with Crippen LogP contribution in [0, 0.1) is 6.92 Å². The van der Waals surface area contributed by atoms with E-state index in [-0.39, 0.29) is 15.9 Å². The molecule has 2 heterocycles. The lowest BCUT2D eigenvalue weighted by Crippen LogP contribution is -2.49. The van der Waals surface area contributed by atoms with Gasteiger partial charge in [-0.15, -0.1) is 11.3 Å². The SMILES string of the molecule is COC(=O)c1sccc1S(=O)(=O)N1CCN(CC(OCc2cccc(C)c2)c2ccc(Cl)cc2)CC1. The van der Waals surface area contributed by atoms with Crippen LogP contribution in [0.3, 0.4) is 0 Å². The van der Waals surface area contributed by atoms with Gasteiger partial charge in [-0.3, -0.25) is 4.90 Å². The maximum Gasteiger partial charge on any atom is 0.349 e. The van der Waals surface area contributed by atoms with Gasteiger partial charge in [0, 0.05) is 37.7 Å². The summed E-state index contributed by atoms with van der Waals surface area (Å²) in [6.07, 6.45) is -0.200. The van der Waals surface area contributed by atoms with E-state index in [9.17, 15) is 13.2 Å². The number of sulfonamides is 1. The molecule has 0 bridgehead atoms. The van der Waals surface area contributed by atoms with E-state index in [1.165, 1.54) is 23.0 Å². The van der Waals surface area contributed by atoms with E-state index in [1.54, 1.807) is 5.38 Å². The molecule has 1 saturated heterocycles. The Labute approximate surface area is 221 Å². The summed E-state index contributed by atoms with van der Waals surface area (Å²) in [5, 5.41) is 2.26. The molecule has 0 N–H and O–H groups in total. The fourth-order valence-electron chi connectivity index (χ4n) is 4.20. The number of carbonyl (C=O) groups excluding carboxylic acids is 1. The minimum atomic E-state index is -3.79. The van der Waals surface area contributed by atoms with Gasteiger partial charge < -0.3 is 9.47 Å². The largest absolute Gasteiger partial charge is 0.465 e. The molecule has 0 radical (unpaired) electrons. The van der Waals surface area contributed by atoms with E-state index >= 15 is 0 Å². The summed E-state index contributed by atoms with van der Waals surface area (Å²) >= 11 is 7.17. The Bertz CT molecular complexity index is 1290. The molecule has 4 rings (SSSR count). The predicted octanol–water partition coefficient (Wildman–Crippen LogP) is 4.76. The molecule has 1 unspecified atom stereocenters. The molecule has 0 spiro atoms. The first-order valence-corrected chi connectivity index (χ1v) is 14.3. The maximum absolute atomic E-state index is 13.2. The highest BCUT2D eigenvalue weighted by Crippen LogP contribution is 2.28. The molecule has 0 saturated carbocycles. The van der Waals surface area contributed by atoms with Crippen LogP contribution < -0.4 is 0 Å². The molecule has 0 aliphatic carbocycles. The molecule has 0 amide bonds. The smallest absolute Gasteiger partial charge is 0.349 e. The van der Waals surface area contributed by atoms with Crippen molar-refractivity contribution < 1.29 is 22.7 Å². The van der Waals surface area contributed by atoms with Crippen LogP contribution in [0.25, 0.3) is 0 Å². The first-order chi connectivity index (χ1) is 17.3. The molecular formula is C26H29ClN2O5S2. The van der Waals surface area contributed by atoms with E-state index in [0.29, 0.717) is 44.4 Å². The quantitative estimate of drug-likeness (QED) is 0.359. The summed E-state index contributed by atoms with van der Waals surface area (Å²) in [5.41, 5.74) is 3.29. The van der Waals surface area contributed by atoms with Crippen LogP contribution in [-0.4, -0.2) is 63.4 Å². The number of methoxy groups -OCH3 is 1. The van der Waals surface area contributed by atoms with Gasteiger partial charge in [0.15, 0.2) is 0 Å². The first-order valence-electron chi connectivity index (χ1n) is 11.6. The number of carbonyl (C=O) groups is 1. The average molecular weight is 549 g/mol. The molecule has 36 heavy (non-hydrogen) atoms. The molecular weight excluding hydrogens is 520 g/mol. The highest BCUT2D eigenvalue weighted by atomic mass is 35.5. The third-order valence-corrected chi connectivity index (χ3v) is 9.37. The molecule has 7 nitrogen and oxygen atoms in total. The van der Waals surface area contributed by atoms with Gasteiger partial charge in [0.25, 0.3) is 0 Å². The van der Waals surface area contributed by atoms with E-state index in [1.807, 2.05) is 36.4 Å². The van der Waals surface area contributed by atoms with Crippen LogP contribution in [0.5, 0.6) is 0 Å². The van der Waals surface area contributed by atoms with Crippen LogP contribution in [-0.2, 0) is 26.1 Å². The Kier molecular flexibility index (Phi) is 8.82. The monoisotopic (exact) mass is 548 g/mol. The Balaban J connectivity index is 1.43. The Morgan fingerprint density at radius 1 is 1.08 bits per heavy atom. The molecule has 3 aromatic rings. The normalized spacial score (nSPS) is 16.1. The predicted molar refractivity (Wildman–Crippen MR) is 141 cm³/mol. The fraction of sp³-hybridized carbons (Fsp3) is 0.346. The van der Waals surface area contributed by atoms with Crippen LogP contribution >= 0.6 is 22.9 Å². The minimum absolute atomic E-state index is 0.00771. The van der Waals surface area contributed by atoms with Crippen molar-refractivity contribution in [1.82, 2.24) is 9.21 Å². The van der Waals surface area contributed by atoms with Crippen molar-refractivity contribution in [2.24, 2.45) is 0 Å². The lowest BCUT2D eigenvalue weighted by Gasteiger charge is -2.35. The second kappa shape index (κ2) is 11.9. The van der Waals surface area contributed by atoms with Gasteiger partial charge >= 0.3 is 5.97 Å². The molecule has 2 aromatic carbocycles. The molecule has 10 heteroatoms. The number of hydrogen-bond donors (Lipinski definition) is 0. The Morgan fingerprint density at radius 2 is 1.81 bits per heavy atom. The number of esters is 1. The van der Waals surface area contributed by atoms with Crippen molar-refractivity contribution in [2.75, 3.05) is 39.8 Å². The summed E-state index contributed by atoms with van der Waals surface area (Å²) in [4.78, 5) is 14.3. The van der Waals surface area contributed by atoms with Gasteiger partial charge in [-0.25, -0.2) is 13.2 Å². The van der Waals surface area contributed by atoms with Crippen LogP contribution in [0.2, 0.25) is 5.02 Å². The number of piperazine rings is 1. The summed E-state index contributed by atoms with van der Waals surface area (Å²) in [5.74, 6) is -0.640. The zero-order chi connectivity index (χ0) is 25.7. The molecule has 1 fully saturated rings. The second-order valence-corrected chi connectivity index (χ2v) is 11.9. The number of hydrogen-bond acceptors (Lipinski definition) is 7. The average Bonchev–Trinajstić information content (AvgIpc) is 3.38. The van der Waals surface area contributed by atoms with Crippen LogP contribution in [0.15, 0.2) is 64.9 Å². The summed E-state index contributed by atoms with van der Waals surface area (Å²) < 4.78 is 39.0. The van der Waals surface area contributed by atoms with Crippen LogP contribution in [0.1, 0.15) is 32.5 Å². The Morgan fingerprint density at radius 3 is 2.47 bits per heavy atom. The van der Waals surface area contributed by atoms with Gasteiger partial charge in [0.1, 0.15) is 9.77 Å². The summed E-state index contributed by atoms with van der Waals surface area (Å²) in [7, 11) is -2.55. The Hall–Kier alpha value is -2.27. The fourth-order valence-corrected chi connectivity index (χ4v) is 7.05. The van der Waals surface area contributed by atoms with Crippen molar-refractivity contribution >= 4 is 38.9 Å². The molecule has 1 aliphatic rings. The second-order valence-electron chi connectivity index (χ2n) is 8.65. The van der Waals surface area contributed by atoms with Gasteiger partial charge in [0.05, 0.1) is 19.8 Å². The van der Waals surface area contributed by atoms with Gasteiger partial charge in [-0.05, 0) is 41.6 Å². The highest BCUT2D eigenvalue weighted by Gasteiger charge is 2.33. The van der Waals surface area contributed by atoms with Crippen molar-refractivity contribution in [3.8, 4) is 0 Å². The standard InChI is InChI=1S/C26H29ClN2O5S2/c1-19-4-3-5-20(16-19)18-34-23(21-6-8-22(27)9-7-21)17-28-11-13-29(14-12-28)36(31,32)24-10-15-35-25(24)26(30)33-2/h3-10,15-16,23H,11-14,17-18H2,1-2H3. The maximum atomic E-state index is 13.2. The van der Waals surface area contributed by atoms with Crippen molar-refractivity contribution in [2.45, 2.75) is 24.5 Å². The van der Waals surface area contributed by atoms with Crippen molar-refractivity contribution in [3.63, 3.8) is 0 Å². The molecule has 1 aromatic heterocycles. The first kappa shape index (κ1) is 26.8. The summed E-state index contributed by atoms with van der Waals surface area (Å²) in [6, 6.07) is 17.3. The lowest BCUT2D eigenvalue weighted by molar-refractivity contribution is 0.00770. The number of halogens is 1. The van der Waals surface area contributed by atoms with Gasteiger partial charge in [-0.2, -0.15) is 4.31 Å². The van der Waals surface area contributed by atoms with Crippen molar-refractivity contribution in [3.05, 3.63) is 86.6 Å². The van der Waals surface area contributed by atoms with E-state index in [0.717, 1.165) is 22.5 Å². The topological polar surface area (TPSA) is 76.2 Å². The number of nitrogens with zero attached hydrogens (tertiary/aromatic N) is 2.